The highest BCUT2D eigenvalue weighted by Gasteiger charge is 2.37. The number of amides is 2. The predicted octanol–water partition coefficient (Wildman–Crippen LogP) is 3.33. The van der Waals surface area contributed by atoms with Gasteiger partial charge in [-0.25, -0.2) is 4.79 Å². The third-order valence-electron chi connectivity index (χ3n) is 5.40. The summed E-state index contributed by atoms with van der Waals surface area (Å²) in [4.78, 5) is 21.2. The van der Waals surface area contributed by atoms with Gasteiger partial charge < -0.3 is 10.2 Å². The second-order valence-corrected chi connectivity index (χ2v) is 6.97. The second kappa shape index (κ2) is 6.40. The fourth-order valence-corrected chi connectivity index (χ4v) is 3.92. The van der Waals surface area contributed by atoms with Crippen LogP contribution in [0.1, 0.15) is 26.2 Å². The van der Waals surface area contributed by atoms with Crippen LogP contribution in [0.25, 0.3) is 10.8 Å². The molecule has 2 fully saturated rings. The Morgan fingerprint density at radius 2 is 2.12 bits per heavy atom. The maximum Gasteiger partial charge on any atom is 0.321 e. The van der Waals surface area contributed by atoms with Gasteiger partial charge >= 0.3 is 6.03 Å². The topological polar surface area (TPSA) is 48.5 Å². The van der Waals surface area contributed by atoms with E-state index in [0.29, 0.717) is 12.1 Å². The van der Waals surface area contributed by atoms with Crippen molar-refractivity contribution in [3.8, 4) is 0 Å². The second-order valence-electron chi connectivity index (χ2n) is 6.97. The molecular weight excluding hydrogens is 300 g/mol. The van der Waals surface area contributed by atoms with E-state index >= 15 is 0 Å². The first-order valence-corrected chi connectivity index (χ1v) is 8.87. The van der Waals surface area contributed by atoms with Crippen molar-refractivity contribution in [2.24, 2.45) is 0 Å². The van der Waals surface area contributed by atoms with Crippen molar-refractivity contribution in [2.45, 2.75) is 38.3 Å². The van der Waals surface area contributed by atoms with E-state index in [-0.39, 0.29) is 6.03 Å². The molecule has 0 bridgehead atoms. The van der Waals surface area contributed by atoms with Crippen LogP contribution in [-0.2, 0) is 0 Å². The number of rotatable bonds is 2. The normalized spacial score (nSPS) is 22.4. The number of nitrogens with zero attached hydrogens (tertiary/aromatic N) is 3. The van der Waals surface area contributed by atoms with Gasteiger partial charge in [0.25, 0.3) is 0 Å². The number of pyridine rings is 1. The maximum absolute atomic E-state index is 12.5. The van der Waals surface area contributed by atoms with E-state index in [4.69, 9.17) is 0 Å². The van der Waals surface area contributed by atoms with Gasteiger partial charge in [0.1, 0.15) is 0 Å². The molecule has 126 valence electrons. The van der Waals surface area contributed by atoms with Crippen LogP contribution in [0.2, 0.25) is 0 Å². The summed E-state index contributed by atoms with van der Waals surface area (Å²) in [5.74, 6) is 0. The Morgan fingerprint density at radius 1 is 1.25 bits per heavy atom. The highest BCUT2D eigenvalue weighted by molar-refractivity contribution is 6.01. The quantitative estimate of drug-likeness (QED) is 0.922. The van der Waals surface area contributed by atoms with E-state index in [9.17, 15) is 4.79 Å². The molecule has 0 aliphatic carbocycles. The van der Waals surface area contributed by atoms with Crippen molar-refractivity contribution < 1.29 is 4.79 Å². The van der Waals surface area contributed by atoms with Gasteiger partial charge in [0, 0.05) is 48.3 Å². The van der Waals surface area contributed by atoms with Gasteiger partial charge in [-0.2, -0.15) is 0 Å². The monoisotopic (exact) mass is 324 g/mol. The number of benzene rings is 1. The Balaban J connectivity index is 1.39. The van der Waals surface area contributed by atoms with Crippen molar-refractivity contribution in [2.75, 3.05) is 25.0 Å². The fraction of sp³-hybridized carbons (Fsp3) is 0.474. The van der Waals surface area contributed by atoms with Crippen LogP contribution in [0.15, 0.2) is 36.7 Å². The van der Waals surface area contributed by atoms with Gasteiger partial charge in [-0.15, -0.1) is 0 Å². The van der Waals surface area contributed by atoms with E-state index in [1.807, 2.05) is 35.4 Å². The number of fused-ring (bicyclic) bond motifs is 1. The van der Waals surface area contributed by atoms with Gasteiger partial charge in [0.05, 0.1) is 5.69 Å². The number of likely N-dealkylation sites (tertiary alicyclic amines) is 2. The van der Waals surface area contributed by atoms with Gasteiger partial charge in [-0.3, -0.25) is 9.88 Å². The van der Waals surface area contributed by atoms with Crippen molar-refractivity contribution in [1.82, 2.24) is 14.8 Å². The van der Waals surface area contributed by atoms with E-state index in [0.717, 1.165) is 29.5 Å². The molecule has 5 nitrogen and oxygen atoms in total. The largest absolute Gasteiger partial charge is 0.321 e. The van der Waals surface area contributed by atoms with Gasteiger partial charge in [0.15, 0.2) is 0 Å². The first-order chi connectivity index (χ1) is 11.7. The number of carbonyl (C=O) groups is 1. The smallest absolute Gasteiger partial charge is 0.321 e. The molecule has 2 saturated heterocycles. The number of nitrogens with one attached hydrogen (secondary N) is 1. The number of anilines is 1. The highest BCUT2D eigenvalue weighted by Crippen LogP contribution is 2.26. The van der Waals surface area contributed by atoms with Gasteiger partial charge in [-0.05, 0) is 38.4 Å². The number of urea groups is 1. The van der Waals surface area contributed by atoms with Crippen molar-refractivity contribution >= 4 is 22.5 Å². The SMILES string of the molecule is C[C@H]1CCCCN1C1CN(C(=O)Nc2cccc3cnccc23)C1. The Bertz CT molecular complexity index is 736. The molecule has 0 unspecified atom stereocenters. The Hall–Kier alpha value is -2.14. The molecule has 2 aliphatic heterocycles. The fourth-order valence-electron chi connectivity index (χ4n) is 3.92. The molecule has 2 amide bonds. The molecule has 5 heteroatoms. The Labute approximate surface area is 142 Å². The van der Waals surface area contributed by atoms with Crippen molar-refractivity contribution in [3.05, 3.63) is 36.7 Å². The summed E-state index contributed by atoms with van der Waals surface area (Å²) < 4.78 is 0. The first kappa shape index (κ1) is 15.4. The lowest BCUT2D eigenvalue weighted by molar-refractivity contribution is 0.0199. The van der Waals surface area contributed by atoms with Crippen molar-refractivity contribution in [3.63, 3.8) is 0 Å². The standard InChI is InChI=1S/C19H24N4O/c1-14-5-2-3-10-23(14)16-12-22(13-16)19(24)21-18-7-4-6-15-11-20-9-8-17(15)18/h4,6-9,11,14,16H,2-3,5,10,12-13H2,1H3,(H,21,24)/t14-/m0/s1. The summed E-state index contributed by atoms with van der Waals surface area (Å²) in [6, 6.07) is 9.04. The van der Waals surface area contributed by atoms with E-state index in [1.54, 1.807) is 6.20 Å². The number of carbonyl (C=O) groups excluding carboxylic acids is 1. The predicted molar refractivity (Wildman–Crippen MR) is 96.1 cm³/mol. The van der Waals surface area contributed by atoms with E-state index in [1.165, 1.54) is 25.8 Å². The third-order valence-corrected chi connectivity index (χ3v) is 5.40. The summed E-state index contributed by atoms with van der Waals surface area (Å²) in [6.45, 7) is 5.16. The minimum Gasteiger partial charge on any atom is -0.321 e. The molecule has 2 aromatic rings. The van der Waals surface area contributed by atoms with Crippen LogP contribution >= 0.6 is 0 Å². The average molecular weight is 324 g/mol. The highest BCUT2D eigenvalue weighted by atomic mass is 16.2. The zero-order valence-corrected chi connectivity index (χ0v) is 14.1. The molecule has 2 aliphatic rings. The molecule has 3 heterocycles. The molecule has 1 aromatic heterocycles. The maximum atomic E-state index is 12.5. The van der Waals surface area contributed by atoms with Gasteiger partial charge in [-0.1, -0.05) is 18.6 Å². The molecule has 1 atom stereocenters. The minimum atomic E-state index is 0.000208. The van der Waals surface area contributed by atoms with Crippen LogP contribution in [0, 0.1) is 0 Å². The third kappa shape index (κ3) is 2.84. The number of aromatic nitrogens is 1. The number of hydrogen-bond donors (Lipinski definition) is 1. The molecular formula is C19H24N4O. The zero-order chi connectivity index (χ0) is 16.5. The Morgan fingerprint density at radius 3 is 2.96 bits per heavy atom. The lowest BCUT2D eigenvalue weighted by Crippen LogP contribution is -2.64. The summed E-state index contributed by atoms with van der Waals surface area (Å²) in [5, 5.41) is 5.13. The molecule has 0 radical (unpaired) electrons. The lowest BCUT2D eigenvalue weighted by Gasteiger charge is -2.49. The molecule has 24 heavy (non-hydrogen) atoms. The van der Waals surface area contributed by atoms with Crippen molar-refractivity contribution in [1.29, 1.82) is 0 Å². The molecule has 1 N–H and O–H groups in total. The molecule has 1 aromatic carbocycles. The lowest BCUT2D eigenvalue weighted by atomic mass is 9.98. The van der Waals surface area contributed by atoms with Crippen LogP contribution in [0.4, 0.5) is 10.5 Å². The average Bonchev–Trinajstić information content (AvgIpc) is 2.56. The molecule has 0 saturated carbocycles. The minimum absolute atomic E-state index is 0.000208. The van der Waals surface area contributed by atoms with Crippen LogP contribution in [0.5, 0.6) is 0 Å². The summed E-state index contributed by atoms with van der Waals surface area (Å²) in [7, 11) is 0. The van der Waals surface area contributed by atoms with Crippen LogP contribution in [0.3, 0.4) is 0 Å². The summed E-state index contributed by atoms with van der Waals surface area (Å²) in [5.41, 5.74) is 0.856. The molecule has 4 rings (SSSR count). The van der Waals surface area contributed by atoms with Crippen LogP contribution < -0.4 is 5.32 Å². The Kier molecular flexibility index (Phi) is 4.10. The van der Waals surface area contributed by atoms with E-state index in [2.05, 4.69) is 22.1 Å². The zero-order valence-electron chi connectivity index (χ0n) is 14.1. The number of hydrogen-bond acceptors (Lipinski definition) is 3. The van der Waals surface area contributed by atoms with E-state index < -0.39 is 0 Å². The molecule has 0 spiro atoms. The number of piperidine rings is 1. The summed E-state index contributed by atoms with van der Waals surface area (Å²) >= 11 is 0. The summed E-state index contributed by atoms with van der Waals surface area (Å²) in [6.07, 6.45) is 7.49. The first-order valence-electron chi connectivity index (χ1n) is 8.87. The van der Waals surface area contributed by atoms with Crippen LogP contribution in [-0.4, -0.2) is 52.5 Å². The van der Waals surface area contributed by atoms with Gasteiger partial charge in [0.2, 0.25) is 0 Å².